The molecule has 0 fully saturated rings. The molecule has 0 aliphatic rings. The minimum atomic E-state index is -0.323. The van der Waals surface area contributed by atoms with E-state index in [2.05, 4.69) is 20.5 Å². The monoisotopic (exact) mass is 388 g/mol. The Bertz CT molecular complexity index is 1110. The Labute approximate surface area is 166 Å². The first-order chi connectivity index (χ1) is 14.2. The molecule has 2 aromatic heterocycles. The highest BCUT2D eigenvalue weighted by molar-refractivity contribution is 5.93. The molecular formula is C22H17FN4O2. The minimum absolute atomic E-state index is 0.290. The molecule has 6 nitrogen and oxygen atoms in total. The Hall–Kier alpha value is -4.00. The number of ether oxygens (including phenoxy) is 1. The zero-order chi connectivity index (χ0) is 20.1. The Kier molecular flexibility index (Phi) is 5.29. The number of aromatic amines is 1. The number of hydrogen-bond acceptors (Lipinski definition) is 4. The second-order valence-corrected chi connectivity index (χ2v) is 6.27. The number of pyridine rings is 1. The smallest absolute Gasteiger partial charge is 0.269 e. The van der Waals surface area contributed by atoms with E-state index in [1.54, 1.807) is 30.5 Å². The fourth-order valence-corrected chi connectivity index (χ4v) is 2.73. The molecule has 0 spiro atoms. The van der Waals surface area contributed by atoms with Gasteiger partial charge >= 0.3 is 0 Å². The molecule has 2 heterocycles. The molecule has 29 heavy (non-hydrogen) atoms. The van der Waals surface area contributed by atoms with Gasteiger partial charge in [-0.3, -0.25) is 9.89 Å². The lowest BCUT2D eigenvalue weighted by Crippen LogP contribution is -2.23. The van der Waals surface area contributed by atoms with Gasteiger partial charge in [0.1, 0.15) is 17.3 Å². The molecule has 0 unspecified atom stereocenters. The molecule has 0 aliphatic carbocycles. The maximum atomic E-state index is 13.0. The van der Waals surface area contributed by atoms with Crippen molar-refractivity contribution < 1.29 is 13.9 Å². The molecule has 0 aliphatic heterocycles. The van der Waals surface area contributed by atoms with Gasteiger partial charge in [0.25, 0.3) is 5.91 Å². The summed E-state index contributed by atoms with van der Waals surface area (Å²) in [6.45, 7) is 0.323. The van der Waals surface area contributed by atoms with Crippen molar-refractivity contribution in [3.63, 3.8) is 0 Å². The molecule has 7 heteroatoms. The average molecular weight is 388 g/mol. The van der Waals surface area contributed by atoms with E-state index in [4.69, 9.17) is 4.74 Å². The highest BCUT2D eigenvalue weighted by Gasteiger charge is 2.11. The average Bonchev–Trinajstić information content (AvgIpc) is 3.24. The predicted octanol–water partition coefficient (Wildman–Crippen LogP) is 4.33. The van der Waals surface area contributed by atoms with Gasteiger partial charge in [0, 0.05) is 24.4 Å². The van der Waals surface area contributed by atoms with Crippen molar-refractivity contribution >= 4 is 5.91 Å². The maximum absolute atomic E-state index is 13.0. The summed E-state index contributed by atoms with van der Waals surface area (Å²) in [5.74, 6) is 0.522. The summed E-state index contributed by atoms with van der Waals surface area (Å²) in [5, 5.41) is 9.67. The minimum Gasteiger partial charge on any atom is -0.439 e. The van der Waals surface area contributed by atoms with Crippen LogP contribution in [0.5, 0.6) is 11.6 Å². The summed E-state index contributed by atoms with van der Waals surface area (Å²) in [6.07, 6.45) is 1.66. The van der Waals surface area contributed by atoms with Crippen molar-refractivity contribution in [1.29, 1.82) is 0 Å². The first-order valence-corrected chi connectivity index (χ1v) is 8.95. The number of nitrogens with zero attached hydrogens (tertiary/aromatic N) is 2. The van der Waals surface area contributed by atoms with Crippen molar-refractivity contribution in [2.45, 2.75) is 6.54 Å². The SMILES string of the molecule is O=C(NCc1cccc(Oc2ccccn2)c1)c1cc(-c2ccc(F)cc2)n[nH]1. The lowest BCUT2D eigenvalue weighted by Gasteiger charge is -2.07. The molecule has 0 saturated carbocycles. The number of benzene rings is 2. The number of hydrogen-bond donors (Lipinski definition) is 2. The summed E-state index contributed by atoms with van der Waals surface area (Å²) in [4.78, 5) is 16.5. The summed E-state index contributed by atoms with van der Waals surface area (Å²) in [6, 6.07) is 20.4. The van der Waals surface area contributed by atoms with E-state index in [9.17, 15) is 9.18 Å². The van der Waals surface area contributed by atoms with Crippen LogP contribution in [0.3, 0.4) is 0 Å². The van der Waals surface area contributed by atoms with Gasteiger partial charge in [-0.25, -0.2) is 9.37 Å². The van der Waals surface area contributed by atoms with Crippen LogP contribution in [-0.4, -0.2) is 21.1 Å². The molecule has 0 radical (unpaired) electrons. The Morgan fingerprint density at radius 1 is 1.03 bits per heavy atom. The van der Waals surface area contributed by atoms with Gasteiger partial charge in [0.2, 0.25) is 5.88 Å². The topological polar surface area (TPSA) is 79.9 Å². The number of aromatic nitrogens is 3. The number of carbonyl (C=O) groups excluding carboxylic acids is 1. The summed E-state index contributed by atoms with van der Waals surface area (Å²) in [7, 11) is 0. The fraction of sp³-hybridized carbons (Fsp3) is 0.0455. The number of rotatable bonds is 6. The summed E-state index contributed by atoms with van der Waals surface area (Å²) < 4.78 is 18.7. The van der Waals surface area contributed by atoms with Gasteiger partial charge in [0.15, 0.2) is 0 Å². The molecule has 4 rings (SSSR count). The van der Waals surface area contributed by atoms with Crippen LogP contribution in [-0.2, 0) is 6.54 Å². The van der Waals surface area contributed by atoms with Crippen LogP contribution in [0.2, 0.25) is 0 Å². The van der Waals surface area contributed by atoms with E-state index >= 15 is 0 Å². The van der Waals surface area contributed by atoms with Crippen molar-refractivity contribution in [2.24, 2.45) is 0 Å². The second kappa shape index (κ2) is 8.35. The zero-order valence-electron chi connectivity index (χ0n) is 15.3. The quantitative estimate of drug-likeness (QED) is 0.515. The lowest BCUT2D eigenvalue weighted by atomic mass is 10.1. The molecule has 4 aromatic rings. The van der Waals surface area contributed by atoms with Crippen LogP contribution in [0.25, 0.3) is 11.3 Å². The van der Waals surface area contributed by atoms with Crippen LogP contribution in [0.4, 0.5) is 4.39 Å². The molecule has 144 valence electrons. The molecule has 0 saturated heterocycles. The third kappa shape index (κ3) is 4.65. The van der Waals surface area contributed by atoms with E-state index in [-0.39, 0.29) is 11.7 Å². The van der Waals surface area contributed by atoms with Crippen LogP contribution in [0.15, 0.2) is 79.0 Å². The van der Waals surface area contributed by atoms with Gasteiger partial charge in [0.05, 0.1) is 5.69 Å². The van der Waals surface area contributed by atoms with Gasteiger partial charge in [-0.15, -0.1) is 0 Å². The molecule has 0 atom stereocenters. The number of halogens is 1. The van der Waals surface area contributed by atoms with E-state index in [1.165, 1.54) is 12.1 Å². The highest BCUT2D eigenvalue weighted by atomic mass is 19.1. The predicted molar refractivity (Wildman–Crippen MR) is 106 cm³/mol. The molecule has 0 bridgehead atoms. The first-order valence-electron chi connectivity index (χ1n) is 8.95. The highest BCUT2D eigenvalue weighted by Crippen LogP contribution is 2.20. The number of carbonyl (C=O) groups is 1. The summed E-state index contributed by atoms with van der Waals surface area (Å²) >= 11 is 0. The number of amides is 1. The van der Waals surface area contributed by atoms with Crippen molar-refractivity contribution in [3.05, 3.63) is 96.1 Å². The summed E-state index contributed by atoms with van der Waals surface area (Å²) in [5.41, 5.74) is 2.50. The Balaban J connectivity index is 1.38. The van der Waals surface area contributed by atoms with Crippen LogP contribution in [0.1, 0.15) is 16.1 Å². The van der Waals surface area contributed by atoms with E-state index in [1.807, 2.05) is 36.4 Å². The maximum Gasteiger partial charge on any atom is 0.269 e. The standard InChI is InChI=1S/C22H17FN4O2/c23-17-9-7-16(8-10-17)19-13-20(27-26-19)22(28)25-14-15-4-3-5-18(12-15)29-21-6-1-2-11-24-21/h1-13H,14H2,(H,25,28)(H,26,27). The first kappa shape index (κ1) is 18.4. The lowest BCUT2D eigenvalue weighted by molar-refractivity contribution is 0.0946. The Morgan fingerprint density at radius 2 is 1.90 bits per heavy atom. The van der Waals surface area contributed by atoms with Crippen molar-refractivity contribution in [2.75, 3.05) is 0 Å². The van der Waals surface area contributed by atoms with E-state index in [0.717, 1.165) is 11.1 Å². The molecule has 1 amide bonds. The normalized spacial score (nSPS) is 10.5. The van der Waals surface area contributed by atoms with Gasteiger partial charge in [-0.05, 0) is 54.1 Å². The van der Waals surface area contributed by atoms with E-state index < -0.39 is 0 Å². The molecular weight excluding hydrogens is 371 g/mol. The molecule has 2 N–H and O–H groups in total. The van der Waals surface area contributed by atoms with Crippen molar-refractivity contribution in [3.8, 4) is 22.9 Å². The second-order valence-electron chi connectivity index (χ2n) is 6.27. The molecule has 2 aromatic carbocycles. The van der Waals surface area contributed by atoms with Gasteiger partial charge in [-0.2, -0.15) is 5.10 Å². The van der Waals surface area contributed by atoms with Crippen LogP contribution < -0.4 is 10.1 Å². The number of nitrogens with one attached hydrogen (secondary N) is 2. The third-order valence-corrected chi connectivity index (χ3v) is 4.17. The van der Waals surface area contributed by atoms with Crippen molar-refractivity contribution in [1.82, 2.24) is 20.5 Å². The number of H-pyrrole nitrogens is 1. The zero-order valence-corrected chi connectivity index (χ0v) is 15.3. The fourth-order valence-electron chi connectivity index (χ4n) is 2.73. The van der Waals surface area contributed by atoms with Gasteiger partial charge < -0.3 is 10.1 Å². The van der Waals surface area contributed by atoms with Crippen LogP contribution in [0, 0.1) is 5.82 Å². The third-order valence-electron chi connectivity index (χ3n) is 4.17. The Morgan fingerprint density at radius 3 is 2.69 bits per heavy atom. The van der Waals surface area contributed by atoms with Gasteiger partial charge in [-0.1, -0.05) is 18.2 Å². The largest absolute Gasteiger partial charge is 0.439 e. The van der Waals surface area contributed by atoms with E-state index in [0.29, 0.717) is 29.6 Å². The van der Waals surface area contributed by atoms with Crippen LogP contribution >= 0.6 is 0 Å².